The Morgan fingerprint density at radius 3 is 2.68 bits per heavy atom. The number of anilines is 1. The van der Waals surface area contributed by atoms with E-state index in [0.717, 1.165) is 25.7 Å². The summed E-state index contributed by atoms with van der Waals surface area (Å²) in [5, 5.41) is 0. The molecule has 0 radical (unpaired) electrons. The van der Waals surface area contributed by atoms with Crippen LogP contribution in [0.4, 0.5) is 5.69 Å². The van der Waals surface area contributed by atoms with Crippen molar-refractivity contribution in [2.75, 3.05) is 12.8 Å². The molecular formula is C14H20N2O3. The second kappa shape index (κ2) is 6.41. The molecule has 2 N–H and O–H groups in total. The van der Waals surface area contributed by atoms with Gasteiger partial charge in [0.25, 0.3) is 0 Å². The Morgan fingerprint density at radius 2 is 2.11 bits per heavy atom. The van der Waals surface area contributed by atoms with Gasteiger partial charge in [-0.3, -0.25) is 4.79 Å². The van der Waals surface area contributed by atoms with Gasteiger partial charge in [0, 0.05) is 12.5 Å². The van der Waals surface area contributed by atoms with Crippen LogP contribution in [0.1, 0.15) is 32.1 Å². The Morgan fingerprint density at radius 1 is 1.37 bits per heavy atom. The zero-order chi connectivity index (χ0) is 13.7. The highest BCUT2D eigenvalue weighted by molar-refractivity contribution is 5.69. The van der Waals surface area contributed by atoms with Gasteiger partial charge in [0.15, 0.2) is 0 Å². The molecule has 5 nitrogen and oxygen atoms in total. The number of esters is 1. The van der Waals surface area contributed by atoms with E-state index in [2.05, 4.69) is 4.98 Å². The van der Waals surface area contributed by atoms with Crippen molar-refractivity contribution in [1.82, 2.24) is 4.98 Å². The van der Waals surface area contributed by atoms with Crippen LogP contribution in [-0.2, 0) is 9.53 Å². The van der Waals surface area contributed by atoms with Gasteiger partial charge in [-0.15, -0.1) is 0 Å². The van der Waals surface area contributed by atoms with Gasteiger partial charge >= 0.3 is 5.97 Å². The molecule has 1 heterocycles. The van der Waals surface area contributed by atoms with Crippen LogP contribution < -0.4 is 10.5 Å². The molecule has 0 atom stereocenters. The van der Waals surface area contributed by atoms with E-state index in [4.69, 9.17) is 15.2 Å². The van der Waals surface area contributed by atoms with E-state index in [1.165, 1.54) is 7.11 Å². The molecule has 1 aliphatic carbocycles. The SMILES string of the molecule is COC(=O)C[C@H]1CC[C@@H](Oc2ccc(N)cn2)CC1. The number of methoxy groups -OCH3 is 1. The number of hydrogen-bond acceptors (Lipinski definition) is 5. The van der Waals surface area contributed by atoms with Crippen molar-refractivity contribution in [2.45, 2.75) is 38.2 Å². The first-order valence-corrected chi connectivity index (χ1v) is 6.62. The number of rotatable bonds is 4. The molecule has 5 heteroatoms. The minimum atomic E-state index is -0.121. The largest absolute Gasteiger partial charge is 0.474 e. The molecule has 19 heavy (non-hydrogen) atoms. The minimum Gasteiger partial charge on any atom is -0.474 e. The summed E-state index contributed by atoms with van der Waals surface area (Å²) in [6.07, 6.45) is 6.19. The monoisotopic (exact) mass is 264 g/mol. The van der Waals surface area contributed by atoms with Crippen molar-refractivity contribution in [3.63, 3.8) is 0 Å². The van der Waals surface area contributed by atoms with E-state index in [9.17, 15) is 4.79 Å². The smallest absolute Gasteiger partial charge is 0.305 e. The number of nitrogen functional groups attached to an aromatic ring is 1. The summed E-state index contributed by atoms with van der Waals surface area (Å²) < 4.78 is 10.5. The number of carbonyl (C=O) groups is 1. The van der Waals surface area contributed by atoms with Crippen LogP contribution in [0.2, 0.25) is 0 Å². The van der Waals surface area contributed by atoms with E-state index < -0.39 is 0 Å². The van der Waals surface area contributed by atoms with E-state index in [1.54, 1.807) is 18.3 Å². The lowest BCUT2D eigenvalue weighted by Crippen LogP contribution is -2.25. The quantitative estimate of drug-likeness (QED) is 0.843. The number of nitrogens with two attached hydrogens (primary N) is 1. The van der Waals surface area contributed by atoms with Crippen molar-refractivity contribution in [2.24, 2.45) is 5.92 Å². The molecule has 2 rings (SSSR count). The first kappa shape index (κ1) is 13.6. The second-order valence-electron chi connectivity index (χ2n) is 4.97. The first-order valence-electron chi connectivity index (χ1n) is 6.62. The normalized spacial score (nSPS) is 22.8. The molecule has 1 aliphatic rings. The van der Waals surface area contributed by atoms with Gasteiger partial charge in [-0.05, 0) is 37.7 Å². The van der Waals surface area contributed by atoms with Gasteiger partial charge in [-0.1, -0.05) is 0 Å². The van der Waals surface area contributed by atoms with Gasteiger partial charge in [-0.2, -0.15) is 0 Å². The molecule has 1 aromatic heterocycles. The predicted octanol–water partition coefficient (Wildman–Crippen LogP) is 2.16. The topological polar surface area (TPSA) is 74.4 Å². The highest BCUT2D eigenvalue weighted by atomic mass is 16.5. The second-order valence-corrected chi connectivity index (χ2v) is 4.97. The standard InChI is InChI=1S/C14H20N2O3/c1-18-14(17)8-10-2-5-12(6-3-10)19-13-7-4-11(15)9-16-13/h4,7,9-10,12H,2-3,5-6,8,15H2,1H3/t10-,12+. The highest BCUT2D eigenvalue weighted by Crippen LogP contribution is 2.29. The molecule has 0 spiro atoms. The van der Waals surface area contributed by atoms with Crippen LogP contribution in [0.25, 0.3) is 0 Å². The van der Waals surface area contributed by atoms with Crippen LogP contribution in [0.3, 0.4) is 0 Å². The lowest BCUT2D eigenvalue weighted by Gasteiger charge is -2.28. The van der Waals surface area contributed by atoms with Crippen LogP contribution in [0.15, 0.2) is 18.3 Å². The molecular weight excluding hydrogens is 244 g/mol. The zero-order valence-corrected chi connectivity index (χ0v) is 11.2. The Balaban J connectivity index is 1.77. The third-order valence-electron chi connectivity index (χ3n) is 3.52. The summed E-state index contributed by atoms with van der Waals surface area (Å²) in [6.45, 7) is 0. The Kier molecular flexibility index (Phi) is 4.60. The molecule has 104 valence electrons. The number of aromatic nitrogens is 1. The third kappa shape index (κ3) is 4.12. The Hall–Kier alpha value is -1.78. The van der Waals surface area contributed by atoms with Gasteiger partial charge in [-0.25, -0.2) is 4.98 Å². The summed E-state index contributed by atoms with van der Waals surface area (Å²) in [4.78, 5) is 15.3. The maximum Gasteiger partial charge on any atom is 0.305 e. The molecule has 0 saturated heterocycles. The minimum absolute atomic E-state index is 0.121. The number of hydrogen-bond donors (Lipinski definition) is 1. The summed E-state index contributed by atoms with van der Waals surface area (Å²) in [5.74, 6) is 0.918. The van der Waals surface area contributed by atoms with Crippen molar-refractivity contribution >= 4 is 11.7 Å². The highest BCUT2D eigenvalue weighted by Gasteiger charge is 2.24. The van der Waals surface area contributed by atoms with E-state index in [1.807, 2.05) is 0 Å². The van der Waals surface area contributed by atoms with Gasteiger partial charge in [0.05, 0.1) is 19.0 Å². The van der Waals surface area contributed by atoms with E-state index in [-0.39, 0.29) is 12.1 Å². The van der Waals surface area contributed by atoms with Gasteiger partial charge in [0.2, 0.25) is 5.88 Å². The molecule has 0 amide bonds. The molecule has 1 saturated carbocycles. The van der Waals surface area contributed by atoms with E-state index in [0.29, 0.717) is 23.9 Å². The molecule has 0 bridgehead atoms. The summed E-state index contributed by atoms with van der Waals surface area (Å²) in [7, 11) is 1.43. The fourth-order valence-electron chi connectivity index (χ4n) is 2.41. The summed E-state index contributed by atoms with van der Waals surface area (Å²) in [5.41, 5.74) is 6.21. The first-order chi connectivity index (χ1) is 9.17. The fourth-order valence-corrected chi connectivity index (χ4v) is 2.41. The molecule has 1 fully saturated rings. The fraction of sp³-hybridized carbons (Fsp3) is 0.571. The Bertz CT molecular complexity index is 411. The number of nitrogens with zero attached hydrogens (tertiary/aromatic N) is 1. The van der Waals surface area contributed by atoms with Crippen LogP contribution >= 0.6 is 0 Å². The van der Waals surface area contributed by atoms with E-state index >= 15 is 0 Å². The number of carbonyl (C=O) groups excluding carboxylic acids is 1. The summed E-state index contributed by atoms with van der Waals surface area (Å²) >= 11 is 0. The van der Waals surface area contributed by atoms with Gasteiger partial charge in [0.1, 0.15) is 6.10 Å². The van der Waals surface area contributed by atoms with Crippen molar-refractivity contribution in [3.05, 3.63) is 18.3 Å². The van der Waals surface area contributed by atoms with Crippen molar-refractivity contribution < 1.29 is 14.3 Å². The molecule has 0 aliphatic heterocycles. The summed E-state index contributed by atoms with van der Waals surface area (Å²) in [6, 6.07) is 3.57. The lowest BCUT2D eigenvalue weighted by atomic mass is 9.85. The van der Waals surface area contributed by atoms with Gasteiger partial charge < -0.3 is 15.2 Å². The maximum absolute atomic E-state index is 11.2. The van der Waals surface area contributed by atoms with Crippen molar-refractivity contribution in [3.8, 4) is 5.88 Å². The average molecular weight is 264 g/mol. The molecule has 1 aromatic rings. The zero-order valence-electron chi connectivity index (χ0n) is 11.2. The third-order valence-corrected chi connectivity index (χ3v) is 3.52. The van der Waals surface area contributed by atoms with Crippen molar-refractivity contribution in [1.29, 1.82) is 0 Å². The molecule has 0 aromatic carbocycles. The number of pyridine rings is 1. The average Bonchev–Trinajstić information content (AvgIpc) is 2.43. The number of ether oxygens (including phenoxy) is 2. The molecule has 0 unspecified atom stereocenters. The predicted molar refractivity (Wildman–Crippen MR) is 71.7 cm³/mol. The Labute approximate surface area is 113 Å². The maximum atomic E-state index is 11.2. The van der Waals surface area contributed by atoms with Crippen LogP contribution in [-0.4, -0.2) is 24.2 Å². The van der Waals surface area contributed by atoms with Crippen LogP contribution in [0, 0.1) is 5.92 Å². The van der Waals surface area contributed by atoms with Crippen LogP contribution in [0.5, 0.6) is 5.88 Å². The lowest BCUT2D eigenvalue weighted by molar-refractivity contribution is -0.142.